The molecule has 0 radical (unpaired) electrons. The summed E-state index contributed by atoms with van der Waals surface area (Å²) in [6.07, 6.45) is 12.0. The summed E-state index contributed by atoms with van der Waals surface area (Å²) in [6, 6.07) is 10.6. The largest absolute Gasteiger partial charge is 0.446 e. The molecular formula is C26H34N2O3. The zero-order valence-electron chi connectivity index (χ0n) is 18.4. The fraction of sp³-hybridized carbons (Fsp3) is 0.538. The van der Waals surface area contributed by atoms with Gasteiger partial charge in [-0.25, -0.2) is 4.79 Å². The number of carbonyl (C=O) groups is 2. The van der Waals surface area contributed by atoms with Gasteiger partial charge in [0.25, 0.3) is 5.91 Å². The number of benzene rings is 1. The molecular weight excluding hydrogens is 388 g/mol. The van der Waals surface area contributed by atoms with E-state index in [1.165, 1.54) is 11.1 Å². The van der Waals surface area contributed by atoms with Crippen molar-refractivity contribution in [1.29, 1.82) is 0 Å². The molecule has 2 aliphatic carbocycles. The van der Waals surface area contributed by atoms with Crippen molar-refractivity contribution in [3.63, 3.8) is 0 Å². The molecule has 166 valence electrons. The van der Waals surface area contributed by atoms with Crippen molar-refractivity contribution in [2.75, 3.05) is 19.6 Å². The first kappa shape index (κ1) is 21.8. The van der Waals surface area contributed by atoms with Crippen LogP contribution in [0.25, 0.3) is 5.57 Å². The van der Waals surface area contributed by atoms with Gasteiger partial charge in [-0.3, -0.25) is 9.69 Å². The molecule has 5 heteroatoms. The lowest BCUT2D eigenvalue weighted by atomic mass is 9.77. The highest BCUT2D eigenvalue weighted by Gasteiger charge is 2.44. The minimum absolute atomic E-state index is 0.343. The van der Waals surface area contributed by atoms with E-state index < -0.39 is 11.5 Å². The predicted molar refractivity (Wildman–Crippen MR) is 122 cm³/mol. The summed E-state index contributed by atoms with van der Waals surface area (Å²) in [5.74, 6) is -0.284. The molecule has 4 rings (SSSR count). The highest BCUT2D eigenvalue weighted by Crippen LogP contribution is 2.37. The summed E-state index contributed by atoms with van der Waals surface area (Å²) in [5.41, 5.74) is 8.06. The van der Waals surface area contributed by atoms with Crippen LogP contribution in [0.5, 0.6) is 0 Å². The lowest BCUT2D eigenvalue weighted by Gasteiger charge is -2.38. The van der Waals surface area contributed by atoms with E-state index in [1.54, 1.807) is 0 Å². The van der Waals surface area contributed by atoms with Crippen LogP contribution in [0, 0.1) is 5.92 Å². The maximum absolute atomic E-state index is 12.5. The first-order chi connectivity index (χ1) is 15.1. The van der Waals surface area contributed by atoms with Crippen LogP contribution in [-0.2, 0) is 14.3 Å². The van der Waals surface area contributed by atoms with Crippen molar-refractivity contribution >= 4 is 17.4 Å². The summed E-state index contributed by atoms with van der Waals surface area (Å²) in [6.45, 7) is 3.15. The molecule has 1 fully saturated rings. The van der Waals surface area contributed by atoms with Crippen LogP contribution in [0.2, 0.25) is 0 Å². The van der Waals surface area contributed by atoms with Crippen LogP contribution in [0.1, 0.15) is 63.4 Å². The zero-order valence-corrected chi connectivity index (χ0v) is 18.4. The number of hydrogen-bond acceptors (Lipinski definition) is 4. The smallest absolute Gasteiger partial charge is 0.334 e. The van der Waals surface area contributed by atoms with E-state index >= 15 is 0 Å². The third kappa shape index (κ3) is 5.27. The summed E-state index contributed by atoms with van der Waals surface area (Å²) in [4.78, 5) is 27.2. The molecule has 0 unspecified atom stereocenters. The predicted octanol–water partition coefficient (Wildman–Crippen LogP) is 4.23. The summed E-state index contributed by atoms with van der Waals surface area (Å²) in [7, 11) is 0. The van der Waals surface area contributed by atoms with Gasteiger partial charge in [0.1, 0.15) is 0 Å². The van der Waals surface area contributed by atoms with E-state index in [-0.39, 0.29) is 5.97 Å². The monoisotopic (exact) mass is 422 g/mol. The number of nitrogens with two attached hydrogens (primary N) is 1. The Kier molecular flexibility index (Phi) is 6.91. The Bertz CT molecular complexity index is 851. The lowest BCUT2D eigenvalue weighted by Crippen LogP contribution is -2.50. The van der Waals surface area contributed by atoms with E-state index in [1.807, 2.05) is 6.08 Å². The number of esters is 1. The molecule has 1 amide bonds. The third-order valence-electron chi connectivity index (χ3n) is 7.24. The second-order valence-electron chi connectivity index (χ2n) is 9.25. The standard InChI is InChI=1S/C26H34N2O3/c27-25(30)26(31-24(29)23-8-4-5-9-23)15-10-20(11-16-26)12-17-28-18-13-22(14-19-28)21-6-2-1-3-7-21/h1-3,6-8,13,20H,4-5,9-12,14-19H2,(H2,27,30). The zero-order chi connectivity index (χ0) is 21.7. The van der Waals surface area contributed by atoms with Gasteiger partial charge in [0.15, 0.2) is 5.60 Å². The second-order valence-corrected chi connectivity index (χ2v) is 9.25. The molecule has 1 heterocycles. The molecule has 31 heavy (non-hydrogen) atoms. The van der Waals surface area contributed by atoms with E-state index in [2.05, 4.69) is 41.3 Å². The summed E-state index contributed by atoms with van der Waals surface area (Å²) in [5, 5.41) is 0. The number of hydrogen-bond donors (Lipinski definition) is 1. The highest BCUT2D eigenvalue weighted by atomic mass is 16.6. The SMILES string of the molecule is NC(=O)C1(OC(=O)C2=CCCC2)CCC(CCN2CC=C(c3ccccc3)CC2)CC1. The Balaban J connectivity index is 1.24. The van der Waals surface area contributed by atoms with Crippen LogP contribution in [0.4, 0.5) is 0 Å². The van der Waals surface area contributed by atoms with Gasteiger partial charge in [-0.05, 0) is 81.4 Å². The van der Waals surface area contributed by atoms with E-state index in [9.17, 15) is 9.59 Å². The van der Waals surface area contributed by atoms with E-state index in [4.69, 9.17) is 10.5 Å². The van der Waals surface area contributed by atoms with Gasteiger partial charge in [0, 0.05) is 18.7 Å². The van der Waals surface area contributed by atoms with Crippen LogP contribution in [0.15, 0.2) is 48.1 Å². The fourth-order valence-electron chi connectivity index (χ4n) is 5.12. The molecule has 5 nitrogen and oxygen atoms in total. The van der Waals surface area contributed by atoms with Crippen molar-refractivity contribution < 1.29 is 14.3 Å². The fourth-order valence-corrected chi connectivity index (χ4v) is 5.12. The Morgan fingerprint density at radius 2 is 1.87 bits per heavy atom. The maximum atomic E-state index is 12.5. The summed E-state index contributed by atoms with van der Waals surface area (Å²) >= 11 is 0. The van der Waals surface area contributed by atoms with Gasteiger partial charge in [-0.1, -0.05) is 42.5 Å². The molecule has 2 N–H and O–H groups in total. The van der Waals surface area contributed by atoms with Gasteiger partial charge in [-0.15, -0.1) is 0 Å². The first-order valence-corrected chi connectivity index (χ1v) is 11.7. The topological polar surface area (TPSA) is 72.6 Å². The molecule has 1 aromatic carbocycles. The van der Waals surface area contributed by atoms with Gasteiger partial charge < -0.3 is 10.5 Å². The molecule has 0 spiro atoms. The lowest BCUT2D eigenvalue weighted by molar-refractivity contribution is -0.168. The number of nitrogens with zero attached hydrogens (tertiary/aromatic N) is 1. The molecule has 3 aliphatic rings. The Hall–Kier alpha value is -2.40. The minimum atomic E-state index is -1.12. The number of ether oxygens (including phenoxy) is 1. The van der Waals surface area contributed by atoms with Crippen LogP contribution in [0.3, 0.4) is 0 Å². The van der Waals surface area contributed by atoms with Gasteiger partial charge in [0.05, 0.1) is 0 Å². The number of carbonyl (C=O) groups excluding carboxylic acids is 2. The van der Waals surface area contributed by atoms with Crippen LogP contribution in [-0.4, -0.2) is 42.0 Å². The molecule has 1 aromatic rings. The van der Waals surface area contributed by atoms with Gasteiger partial charge in [0.2, 0.25) is 0 Å². The quantitative estimate of drug-likeness (QED) is 0.667. The molecule has 1 saturated carbocycles. The van der Waals surface area contributed by atoms with Crippen molar-refractivity contribution in [3.8, 4) is 0 Å². The molecule has 0 bridgehead atoms. The molecule has 0 saturated heterocycles. The molecule has 0 aromatic heterocycles. The van der Waals surface area contributed by atoms with Gasteiger partial charge in [-0.2, -0.15) is 0 Å². The Morgan fingerprint density at radius 1 is 1.10 bits per heavy atom. The van der Waals surface area contributed by atoms with Crippen molar-refractivity contribution in [1.82, 2.24) is 4.90 Å². The van der Waals surface area contributed by atoms with Crippen LogP contribution >= 0.6 is 0 Å². The van der Waals surface area contributed by atoms with E-state index in [0.717, 1.165) is 64.6 Å². The highest BCUT2D eigenvalue weighted by molar-refractivity contribution is 5.93. The summed E-state index contributed by atoms with van der Waals surface area (Å²) < 4.78 is 5.72. The third-order valence-corrected chi connectivity index (χ3v) is 7.24. The van der Waals surface area contributed by atoms with Crippen LogP contribution < -0.4 is 5.73 Å². The Morgan fingerprint density at radius 3 is 2.48 bits per heavy atom. The van der Waals surface area contributed by atoms with Crippen molar-refractivity contribution in [2.24, 2.45) is 11.7 Å². The average Bonchev–Trinajstić information content (AvgIpc) is 3.35. The number of primary amides is 1. The van der Waals surface area contributed by atoms with Crippen molar-refractivity contribution in [2.45, 2.75) is 63.4 Å². The van der Waals surface area contributed by atoms with E-state index in [0.29, 0.717) is 24.3 Å². The number of allylic oxidation sites excluding steroid dienone is 1. The average molecular weight is 423 g/mol. The van der Waals surface area contributed by atoms with Crippen molar-refractivity contribution in [3.05, 3.63) is 53.6 Å². The normalized spacial score (nSPS) is 26.8. The first-order valence-electron chi connectivity index (χ1n) is 11.7. The van der Waals surface area contributed by atoms with Gasteiger partial charge >= 0.3 is 5.97 Å². The minimum Gasteiger partial charge on any atom is -0.446 e. The maximum Gasteiger partial charge on any atom is 0.334 e. The molecule has 0 atom stereocenters. The Labute approximate surface area is 185 Å². The molecule has 1 aliphatic heterocycles. The second kappa shape index (κ2) is 9.82. The number of rotatable bonds is 7. The number of amides is 1.